The zero-order valence-electron chi connectivity index (χ0n) is 12.0. The Morgan fingerprint density at radius 2 is 2.11 bits per heavy atom. The lowest BCUT2D eigenvalue weighted by atomic mass is 9.85. The average Bonchev–Trinajstić information content (AvgIpc) is 3.07. The molecule has 2 N–H and O–H groups in total. The lowest BCUT2D eigenvalue weighted by Crippen LogP contribution is -2.54. The number of aliphatic hydroxyl groups excluding tert-OH is 1. The molecule has 0 aromatic heterocycles. The van der Waals surface area contributed by atoms with Crippen LogP contribution in [0.1, 0.15) is 52.4 Å². The van der Waals surface area contributed by atoms with E-state index in [0.717, 1.165) is 32.0 Å². The molecule has 0 aliphatic heterocycles. The summed E-state index contributed by atoms with van der Waals surface area (Å²) in [6.45, 7) is 6.41. The molecule has 0 spiro atoms. The van der Waals surface area contributed by atoms with Gasteiger partial charge >= 0.3 is 0 Å². The molecule has 3 nitrogen and oxygen atoms in total. The zero-order valence-corrected chi connectivity index (χ0v) is 12.0. The second-order valence-corrected chi connectivity index (χ2v) is 6.51. The van der Waals surface area contributed by atoms with Crippen LogP contribution in [-0.2, 0) is 4.74 Å². The van der Waals surface area contributed by atoms with Crippen molar-refractivity contribution >= 4 is 0 Å². The van der Waals surface area contributed by atoms with Gasteiger partial charge in [-0.25, -0.2) is 0 Å². The molecule has 2 unspecified atom stereocenters. The van der Waals surface area contributed by atoms with Crippen molar-refractivity contribution in [2.24, 2.45) is 11.8 Å². The van der Waals surface area contributed by atoms with Crippen LogP contribution in [0.4, 0.5) is 0 Å². The molecule has 2 fully saturated rings. The Morgan fingerprint density at radius 3 is 2.72 bits per heavy atom. The molecule has 2 saturated carbocycles. The van der Waals surface area contributed by atoms with Crippen LogP contribution < -0.4 is 5.32 Å². The van der Waals surface area contributed by atoms with Crippen LogP contribution in [0.15, 0.2) is 0 Å². The summed E-state index contributed by atoms with van der Waals surface area (Å²) in [5.41, 5.74) is -0.0445. The minimum absolute atomic E-state index is 0.0445. The molecular formula is C15H29NO2. The predicted octanol–water partition coefficient (Wildman–Crippen LogP) is 2.33. The summed E-state index contributed by atoms with van der Waals surface area (Å²) in [5, 5.41) is 13.4. The van der Waals surface area contributed by atoms with Crippen molar-refractivity contribution in [2.75, 3.05) is 19.8 Å². The van der Waals surface area contributed by atoms with E-state index in [2.05, 4.69) is 19.2 Å². The van der Waals surface area contributed by atoms with Gasteiger partial charge in [-0.2, -0.15) is 0 Å². The quantitative estimate of drug-likeness (QED) is 0.654. The van der Waals surface area contributed by atoms with Crippen LogP contribution in [0, 0.1) is 11.8 Å². The summed E-state index contributed by atoms with van der Waals surface area (Å²) in [7, 11) is 0. The zero-order chi connectivity index (χ0) is 13.0. The Hall–Kier alpha value is -0.120. The maximum absolute atomic E-state index is 9.79. The number of ether oxygens (including phenoxy) is 1. The molecule has 0 bridgehead atoms. The molecular weight excluding hydrogens is 226 g/mol. The normalized spacial score (nSPS) is 32.3. The predicted molar refractivity (Wildman–Crippen MR) is 73.6 cm³/mol. The highest BCUT2D eigenvalue weighted by molar-refractivity contribution is 4.99. The highest BCUT2D eigenvalue weighted by Gasteiger charge is 2.42. The van der Waals surface area contributed by atoms with Gasteiger partial charge in [0.1, 0.15) is 0 Å². The van der Waals surface area contributed by atoms with Gasteiger partial charge in [0.25, 0.3) is 0 Å². The van der Waals surface area contributed by atoms with Gasteiger partial charge in [-0.3, -0.25) is 0 Å². The first-order valence-electron chi connectivity index (χ1n) is 7.62. The van der Waals surface area contributed by atoms with Gasteiger partial charge < -0.3 is 15.2 Å². The molecule has 0 aromatic carbocycles. The number of hydrogen-bond donors (Lipinski definition) is 2. The average molecular weight is 255 g/mol. The van der Waals surface area contributed by atoms with Gasteiger partial charge in [-0.15, -0.1) is 0 Å². The van der Waals surface area contributed by atoms with Crippen molar-refractivity contribution in [3.8, 4) is 0 Å². The Labute approximate surface area is 111 Å². The standard InChI is InChI=1S/C15H29NO2/c1-12(2)16-15(11-17)8-3-4-14(15)7-9-18-10-13-5-6-13/h12-14,16-17H,3-11H2,1-2H3. The minimum Gasteiger partial charge on any atom is -0.394 e. The highest BCUT2D eigenvalue weighted by Crippen LogP contribution is 2.38. The molecule has 2 aliphatic rings. The van der Waals surface area contributed by atoms with Crippen molar-refractivity contribution in [1.29, 1.82) is 0 Å². The Kier molecular flexibility index (Phi) is 5.05. The number of rotatable bonds is 8. The van der Waals surface area contributed by atoms with Crippen LogP contribution >= 0.6 is 0 Å². The van der Waals surface area contributed by atoms with Gasteiger partial charge in [0.05, 0.1) is 6.61 Å². The molecule has 0 heterocycles. The molecule has 2 atom stereocenters. The number of aliphatic hydroxyl groups is 1. The maximum atomic E-state index is 9.79. The summed E-state index contributed by atoms with van der Waals surface area (Å²) in [5.74, 6) is 1.43. The lowest BCUT2D eigenvalue weighted by Gasteiger charge is -2.37. The summed E-state index contributed by atoms with van der Waals surface area (Å²) in [4.78, 5) is 0. The van der Waals surface area contributed by atoms with E-state index in [-0.39, 0.29) is 12.1 Å². The fraction of sp³-hybridized carbons (Fsp3) is 1.00. The van der Waals surface area contributed by atoms with E-state index in [0.29, 0.717) is 12.0 Å². The van der Waals surface area contributed by atoms with Crippen molar-refractivity contribution in [1.82, 2.24) is 5.32 Å². The van der Waals surface area contributed by atoms with Crippen molar-refractivity contribution < 1.29 is 9.84 Å². The Balaban J connectivity index is 1.76. The molecule has 106 valence electrons. The summed E-state index contributed by atoms with van der Waals surface area (Å²) < 4.78 is 5.75. The van der Waals surface area contributed by atoms with E-state index >= 15 is 0 Å². The monoisotopic (exact) mass is 255 g/mol. The highest BCUT2D eigenvalue weighted by atomic mass is 16.5. The van der Waals surface area contributed by atoms with Crippen molar-refractivity contribution in [3.63, 3.8) is 0 Å². The fourth-order valence-corrected chi connectivity index (χ4v) is 3.34. The van der Waals surface area contributed by atoms with E-state index in [9.17, 15) is 5.11 Å². The van der Waals surface area contributed by atoms with Gasteiger partial charge in [-0.05, 0) is 43.9 Å². The summed E-state index contributed by atoms with van der Waals surface area (Å²) in [6, 6.07) is 0.435. The minimum atomic E-state index is -0.0445. The number of hydrogen-bond acceptors (Lipinski definition) is 3. The molecule has 0 aromatic rings. The summed E-state index contributed by atoms with van der Waals surface area (Å²) in [6.07, 6.45) is 7.38. The van der Waals surface area contributed by atoms with E-state index in [1.807, 2.05) is 0 Å². The van der Waals surface area contributed by atoms with Crippen molar-refractivity contribution in [2.45, 2.75) is 64.0 Å². The first-order valence-corrected chi connectivity index (χ1v) is 7.62. The largest absolute Gasteiger partial charge is 0.394 e. The van der Waals surface area contributed by atoms with Crippen LogP contribution in [0.2, 0.25) is 0 Å². The third-order valence-corrected chi connectivity index (χ3v) is 4.48. The third-order valence-electron chi connectivity index (χ3n) is 4.48. The van der Waals surface area contributed by atoms with Crippen molar-refractivity contribution in [3.05, 3.63) is 0 Å². The van der Waals surface area contributed by atoms with E-state index in [1.54, 1.807) is 0 Å². The van der Waals surface area contributed by atoms with Gasteiger partial charge in [-0.1, -0.05) is 20.3 Å². The Morgan fingerprint density at radius 1 is 1.33 bits per heavy atom. The van der Waals surface area contributed by atoms with Gasteiger partial charge in [0.15, 0.2) is 0 Å². The molecule has 0 amide bonds. The van der Waals surface area contributed by atoms with E-state index in [1.165, 1.54) is 25.7 Å². The first kappa shape index (κ1) is 14.3. The third kappa shape index (κ3) is 3.69. The van der Waals surface area contributed by atoms with Crippen LogP contribution in [0.5, 0.6) is 0 Å². The Bertz CT molecular complexity index is 253. The second kappa shape index (κ2) is 6.36. The SMILES string of the molecule is CC(C)NC1(CO)CCCC1CCOCC1CC1. The van der Waals surface area contributed by atoms with E-state index < -0.39 is 0 Å². The van der Waals surface area contributed by atoms with Crippen LogP contribution in [-0.4, -0.2) is 36.5 Å². The van der Waals surface area contributed by atoms with Crippen LogP contribution in [0.25, 0.3) is 0 Å². The maximum Gasteiger partial charge on any atom is 0.0616 e. The molecule has 2 aliphatic carbocycles. The molecule has 3 heteroatoms. The smallest absolute Gasteiger partial charge is 0.0616 e. The molecule has 0 radical (unpaired) electrons. The molecule has 2 rings (SSSR count). The molecule has 0 saturated heterocycles. The molecule has 18 heavy (non-hydrogen) atoms. The number of nitrogens with one attached hydrogen (secondary N) is 1. The van der Waals surface area contributed by atoms with Crippen LogP contribution in [0.3, 0.4) is 0 Å². The topological polar surface area (TPSA) is 41.5 Å². The fourth-order valence-electron chi connectivity index (χ4n) is 3.34. The first-order chi connectivity index (χ1) is 8.66. The van der Waals surface area contributed by atoms with E-state index in [4.69, 9.17) is 4.74 Å². The van der Waals surface area contributed by atoms with Gasteiger partial charge in [0.2, 0.25) is 0 Å². The second-order valence-electron chi connectivity index (χ2n) is 6.51. The van der Waals surface area contributed by atoms with Gasteiger partial charge in [0, 0.05) is 24.8 Å². The summed E-state index contributed by atoms with van der Waals surface area (Å²) >= 11 is 0. The lowest BCUT2D eigenvalue weighted by molar-refractivity contribution is 0.0710.